The maximum absolute atomic E-state index is 13.3. The lowest BCUT2D eigenvalue weighted by atomic mass is 10.1. The molecule has 34 heavy (non-hydrogen) atoms. The van der Waals surface area contributed by atoms with Crippen molar-refractivity contribution in [3.8, 4) is 22.9 Å². The number of methoxy groups -OCH3 is 2. The first-order valence-electron chi connectivity index (χ1n) is 10.2. The molecule has 176 valence electrons. The van der Waals surface area contributed by atoms with Gasteiger partial charge in [0.15, 0.2) is 0 Å². The fourth-order valence-corrected chi connectivity index (χ4v) is 3.82. The van der Waals surface area contributed by atoms with Crippen LogP contribution in [-0.4, -0.2) is 48.9 Å². The molecule has 0 radical (unpaired) electrons. The number of fused-ring (bicyclic) bond motifs is 2. The third-order valence-corrected chi connectivity index (χ3v) is 5.34. The summed E-state index contributed by atoms with van der Waals surface area (Å²) in [6, 6.07) is 5.00. The molecule has 0 aliphatic heterocycles. The van der Waals surface area contributed by atoms with E-state index in [0.717, 1.165) is 0 Å². The number of aryl methyl sites for hydroxylation is 1. The summed E-state index contributed by atoms with van der Waals surface area (Å²) in [6.07, 6.45) is 5.10. The maximum atomic E-state index is 13.3. The molecule has 1 aromatic carbocycles. The Balaban J connectivity index is 0.00000274. The van der Waals surface area contributed by atoms with Gasteiger partial charge in [0.2, 0.25) is 0 Å². The molecule has 12 heteroatoms. The van der Waals surface area contributed by atoms with E-state index >= 15 is 0 Å². The fourth-order valence-electron chi connectivity index (χ4n) is 3.82. The fraction of sp³-hybridized carbons (Fsp3) is 0.227. The molecule has 0 saturated carbocycles. The van der Waals surface area contributed by atoms with E-state index < -0.39 is 0 Å². The Kier molecular flexibility index (Phi) is 6.16. The summed E-state index contributed by atoms with van der Waals surface area (Å²) in [7, 11) is 4.93. The Labute approximate surface area is 201 Å². The van der Waals surface area contributed by atoms with Crippen molar-refractivity contribution >= 4 is 41.2 Å². The number of rotatable bonds is 6. The van der Waals surface area contributed by atoms with E-state index in [0.29, 0.717) is 56.5 Å². The Morgan fingerprint density at radius 3 is 2.53 bits per heavy atom. The van der Waals surface area contributed by atoms with E-state index in [1.54, 1.807) is 62.7 Å². The largest absolute Gasteiger partial charge is 0.497 e. The summed E-state index contributed by atoms with van der Waals surface area (Å²) in [5, 5.41) is 7.94. The summed E-state index contributed by atoms with van der Waals surface area (Å²) in [5.41, 5.74) is 2.99. The second-order valence-electron chi connectivity index (χ2n) is 7.55. The van der Waals surface area contributed by atoms with Crippen LogP contribution in [0.3, 0.4) is 0 Å². The number of hydrogen-bond acceptors (Lipinski definition) is 8. The Hall–Kier alpha value is -4.06. The molecule has 3 N–H and O–H groups in total. The zero-order valence-corrected chi connectivity index (χ0v) is 20.0. The van der Waals surface area contributed by atoms with Gasteiger partial charge >= 0.3 is 0 Å². The molecule has 4 heterocycles. The van der Waals surface area contributed by atoms with Crippen LogP contribution in [0, 0.1) is 0 Å². The average Bonchev–Trinajstić information content (AvgIpc) is 3.41. The normalized spacial score (nSPS) is 11.9. The Bertz CT molecular complexity index is 1530. The molecule has 0 bridgehead atoms. The van der Waals surface area contributed by atoms with Crippen LogP contribution in [-0.2, 0) is 7.05 Å². The molecule has 0 fully saturated rings. The lowest BCUT2D eigenvalue weighted by molar-refractivity contribution is 0.397. The third kappa shape index (κ3) is 3.92. The van der Waals surface area contributed by atoms with Crippen molar-refractivity contribution in [2.75, 3.05) is 19.5 Å². The smallest absolute Gasteiger partial charge is 0.261 e. The number of nitrogens with one attached hydrogen (secondary N) is 3. The molecule has 0 saturated heterocycles. The quantitative estimate of drug-likeness (QED) is 0.338. The molecule has 5 aromatic rings. The van der Waals surface area contributed by atoms with E-state index in [1.165, 1.54) is 0 Å². The van der Waals surface area contributed by atoms with Gasteiger partial charge < -0.3 is 24.8 Å². The van der Waals surface area contributed by atoms with Crippen LogP contribution in [0.2, 0.25) is 0 Å². The van der Waals surface area contributed by atoms with Gasteiger partial charge in [-0.25, -0.2) is 15.0 Å². The number of hydrogen-bond donors (Lipinski definition) is 3. The number of benzene rings is 1. The van der Waals surface area contributed by atoms with Gasteiger partial charge in [-0.1, -0.05) is 0 Å². The SMILES string of the molecule is COc1cc(OC)c2nc(-c3c(N[C@@H](C)c4ncccn4)c4nn(C)cc4[nH]c3=O)[nH]c2c1.S. The highest BCUT2D eigenvalue weighted by atomic mass is 32.1. The van der Waals surface area contributed by atoms with Crippen LogP contribution in [0.5, 0.6) is 11.5 Å². The summed E-state index contributed by atoms with van der Waals surface area (Å²) in [6.45, 7) is 1.92. The lowest BCUT2D eigenvalue weighted by Crippen LogP contribution is -2.17. The van der Waals surface area contributed by atoms with Gasteiger partial charge in [0.25, 0.3) is 5.56 Å². The van der Waals surface area contributed by atoms with Gasteiger partial charge in [-0.3, -0.25) is 9.48 Å². The monoisotopic (exact) mass is 480 g/mol. The second-order valence-corrected chi connectivity index (χ2v) is 7.55. The van der Waals surface area contributed by atoms with Crippen LogP contribution in [0.4, 0.5) is 5.69 Å². The molecule has 0 unspecified atom stereocenters. The number of aromatic amines is 2. The Morgan fingerprint density at radius 2 is 1.82 bits per heavy atom. The molecule has 0 spiro atoms. The minimum Gasteiger partial charge on any atom is -0.497 e. The van der Waals surface area contributed by atoms with Gasteiger partial charge in [-0.15, -0.1) is 0 Å². The van der Waals surface area contributed by atoms with E-state index in [4.69, 9.17) is 9.47 Å². The number of ether oxygens (including phenoxy) is 2. The van der Waals surface area contributed by atoms with Crippen molar-refractivity contribution in [2.24, 2.45) is 7.05 Å². The van der Waals surface area contributed by atoms with Crippen molar-refractivity contribution < 1.29 is 9.47 Å². The van der Waals surface area contributed by atoms with Crippen molar-refractivity contribution in [3.63, 3.8) is 0 Å². The van der Waals surface area contributed by atoms with Crippen molar-refractivity contribution in [3.05, 3.63) is 53.0 Å². The first kappa shape index (κ1) is 23.1. The predicted molar refractivity (Wildman–Crippen MR) is 134 cm³/mol. The molecular weight excluding hydrogens is 456 g/mol. The van der Waals surface area contributed by atoms with Crippen LogP contribution in [0.15, 0.2) is 41.6 Å². The molecule has 11 nitrogen and oxygen atoms in total. The summed E-state index contributed by atoms with van der Waals surface area (Å²) < 4.78 is 12.5. The highest BCUT2D eigenvalue weighted by Crippen LogP contribution is 2.35. The van der Waals surface area contributed by atoms with Gasteiger partial charge in [0.1, 0.15) is 39.7 Å². The van der Waals surface area contributed by atoms with E-state index in [-0.39, 0.29) is 25.1 Å². The minimum atomic E-state index is -0.316. The maximum Gasteiger partial charge on any atom is 0.261 e. The second kappa shape index (κ2) is 9.06. The van der Waals surface area contributed by atoms with Gasteiger partial charge in [0.05, 0.1) is 37.0 Å². The number of nitrogens with zero attached hydrogens (tertiary/aromatic N) is 5. The summed E-state index contributed by atoms with van der Waals surface area (Å²) in [4.78, 5) is 32.7. The average molecular weight is 481 g/mol. The Morgan fingerprint density at radius 1 is 1.06 bits per heavy atom. The minimum absolute atomic E-state index is 0. The number of H-pyrrole nitrogens is 2. The number of pyridine rings is 1. The predicted octanol–water partition coefficient (Wildman–Crippen LogP) is 2.90. The number of anilines is 1. The highest BCUT2D eigenvalue weighted by Gasteiger charge is 2.23. The lowest BCUT2D eigenvalue weighted by Gasteiger charge is -2.16. The first-order chi connectivity index (χ1) is 16.0. The molecule has 1 atom stereocenters. The standard InChI is InChI=1S/C22H22N8O3.H2S/c1-11(20-23-6-5-7-24-20)25-19-16(22(31)27-14-10-30(2)29-18(14)19)21-26-13-8-12(32-3)9-15(33-4)17(13)28-21;/h5-11,25H,1-4H3,(H,26,28)(H,27,31);1H2/t11-;/m0./s1. The van der Waals surface area contributed by atoms with Gasteiger partial charge in [-0.2, -0.15) is 18.6 Å². The molecule has 4 aromatic heterocycles. The van der Waals surface area contributed by atoms with E-state index in [2.05, 4.69) is 35.3 Å². The summed E-state index contributed by atoms with van der Waals surface area (Å²) in [5.74, 6) is 2.09. The molecule has 0 amide bonds. The van der Waals surface area contributed by atoms with Crippen LogP contribution in [0.25, 0.3) is 33.5 Å². The number of aromatic nitrogens is 7. The molecular formula is C22H24N8O3S. The summed E-state index contributed by atoms with van der Waals surface area (Å²) >= 11 is 0. The van der Waals surface area contributed by atoms with Crippen LogP contribution < -0.4 is 20.3 Å². The van der Waals surface area contributed by atoms with E-state index in [9.17, 15) is 4.79 Å². The van der Waals surface area contributed by atoms with Crippen molar-refractivity contribution in [1.29, 1.82) is 0 Å². The highest BCUT2D eigenvalue weighted by molar-refractivity contribution is 7.59. The van der Waals surface area contributed by atoms with Crippen molar-refractivity contribution in [1.82, 2.24) is 34.7 Å². The number of imidazole rings is 1. The third-order valence-electron chi connectivity index (χ3n) is 5.34. The van der Waals surface area contributed by atoms with Gasteiger partial charge in [0, 0.05) is 37.8 Å². The van der Waals surface area contributed by atoms with Crippen molar-refractivity contribution in [2.45, 2.75) is 13.0 Å². The zero-order valence-electron chi connectivity index (χ0n) is 19.0. The van der Waals surface area contributed by atoms with Crippen LogP contribution in [0.1, 0.15) is 18.8 Å². The van der Waals surface area contributed by atoms with Crippen LogP contribution >= 0.6 is 13.5 Å². The topological polar surface area (TPSA) is 136 Å². The molecule has 0 aliphatic carbocycles. The molecule has 0 aliphatic rings. The van der Waals surface area contributed by atoms with E-state index in [1.807, 2.05) is 6.92 Å². The first-order valence-corrected chi connectivity index (χ1v) is 10.2. The zero-order chi connectivity index (χ0) is 23.1. The van der Waals surface area contributed by atoms with Gasteiger partial charge in [-0.05, 0) is 13.0 Å². The molecule has 5 rings (SSSR count).